The fourth-order valence-electron chi connectivity index (χ4n) is 3.16. The summed E-state index contributed by atoms with van der Waals surface area (Å²) in [5, 5.41) is 2.83. The Kier molecular flexibility index (Phi) is 6.37. The van der Waals surface area contributed by atoms with Gasteiger partial charge in [0.25, 0.3) is 0 Å². The summed E-state index contributed by atoms with van der Waals surface area (Å²) in [6.45, 7) is 0.639. The van der Waals surface area contributed by atoms with Gasteiger partial charge in [0.15, 0.2) is 0 Å². The summed E-state index contributed by atoms with van der Waals surface area (Å²) >= 11 is 3.41. The van der Waals surface area contributed by atoms with Crippen LogP contribution in [0, 0.1) is 17.8 Å². The number of amides is 2. The number of carbonyl (C=O) groups excluding carboxylic acids is 2. The number of halogens is 1. The van der Waals surface area contributed by atoms with Crippen LogP contribution in [0.4, 0.5) is 11.4 Å². The van der Waals surface area contributed by atoms with E-state index in [1.807, 2.05) is 67.5 Å². The summed E-state index contributed by atoms with van der Waals surface area (Å²) in [5.41, 5.74) is 2.75. The van der Waals surface area contributed by atoms with Crippen molar-refractivity contribution in [2.75, 3.05) is 37.0 Å². The molecule has 144 valence electrons. The molecule has 28 heavy (non-hydrogen) atoms. The predicted molar refractivity (Wildman–Crippen MR) is 115 cm³/mol. The first-order valence-corrected chi connectivity index (χ1v) is 9.84. The second kappa shape index (κ2) is 8.94. The molecule has 1 atom stereocenters. The van der Waals surface area contributed by atoms with E-state index in [-0.39, 0.29) is 30.7 Å². The molecule has 6 heteroatoms. The Morgan fingerprint density at radius 1 is 1.25 bits per heavy atom. The predicted octanol–water partition coefficient (Wildman–Crippen LogP) is 3.04. The Morgan fingerprint density at radius 3 is 2.79 bits per heavy atom. The van der Waals surface area contributed by atoms with Crippen molar-refractivity contribution in [3.05, 3.63) is 58.6 Å². The largest absolute Gasteiger partial charge is 0.377 e. The standard InChI is InChI=1S/C22H22BrN3O2/c1-25(2)20-11-4-3-7-16(20)8-6-12-24-22(28)17-13-21(27)26(15-17)19-10-5-9-18(23)14-19/h3-5,7,9-11,14,17H,12-13,15H2,1-2H3,(H,24,28). The van der Waals surface area contributed by atoms with Crippen molar-refractivity contribution in [1.29, 1.82) is 0 Å². The quantitative estimate of drug-likeness (QED) is 0.744. The summed E-state index contributed by atoms with van der Waals surface area (Å²) in [7, 11) is 3.94. The molecular weight excluding hydrogens is 418 g/mol. The highest BCUT2D eigenvalue weighted by Crippen LogP contribution is 2.27. The van der Waals surface area contributed by atoms with E-state index in [1.54, 1.807) is 4.90 Å². The van der Waals surface area contributed by atoms with Crippen molar-refractivity contribution in [3.8, 4) is 11.8 Å². The van der Waals surface area contributed by atoms with Crippen molar-refractivity contribution in [1.82, 2.24) is 5.32 Å². The molecule has 1 aliphatic rings. The van der Waals surface area contributed by atoms with Crippen LogP contribution in [0.1, 0.15) is 12.0 Å². The van der Waals surface area contributed by atoms with Gasteiger partial charge in [0.2, 0.25) is 11.8 Å². The fourth-order valence-corrected chi connectivity index (χ4v) is 3.55. The number of nitrogens with zero attached hydrogens (tertiary/aromatic N) is 2. The van der Waals surface area contributed by atoms with Crippen LogP contribution in [0.5, 0.6) is 0 Å². The van der Waals surface area contributed by atoms with Crippen LogP contribution >= 0.6 is 15.9 Å². The Bertz CT molecular complexity index is 946. The lowest BCUT2D eigenvalue weighted by molar-refractivity contribution is -0.126. The molecule has 0 spiro atoms. The summed E-state index contributed by atoms with van der Waals surface area (Å²) in [5.74, 6) is 5.57. The lowest BCUT2D eigenvalue weighted by Gasteiger charge is -2.16. The van der Waals surface area contributed by atoms with Crippen LogP contribution in [-0.4, -0.2) is 39.0 Å². The van der Waals surface area contributed by atoms with Crippen LogP contribution in [-0.2, 0) is 9.59 Å². The molecule has 1 saturated heterocycles. The molecule has 2 aromatic rings. The third-order valence-electron chi connectivity index (χ3n) is 4.58. The van der Waals surface area contributed by atoms with Crippen molar-refractivity contribution in [2.24, 2.45) is 5.92 Å². The third-order valence-corrected chi connectivity index (χ3v) is 5.07. The van der Waals surface area contributed by atoms with E-state index in [0.717, 1.165) is 21.4 Å². The minimum Gasteiger partial charge on any atom is -0.377 e. The Balaban J connectivity index is 1.58. The molecule has 1 aliphatic heterocycles. The molecule has 2 amide bonds. The number of carbonyl (C=O) groups is 2. The van der Waals surface area contributed by atoms with E-state index < -0.39 is 0 Å². The molecule has 1 unspecified atom stereocenters. The summed E-state index contributed by atoms with van der Waals surface area (Å²) < 4.78 is 0.902. The molecule has 1 heterocycles. The number of hydrogen-bond acceptors (Lipinski definition) is 3. The van der Waals surface area contributed by atoms with Gasteiger partial charge in [-0.2, -0.15) is 0 Å². The van der Waals surface area contributed by atoms with Gasteiger partial charge >= 0.3 is 0 Å². The molecule has 3 rings (SSSR count). The molecular formula is C22H22BrN3O2. The highest BCUT2D eigenvalue weighted by atomic mass is 79.9. The zero-order chi connectivity index (χ0) is 20.1. The molecule has 1 N–H and O–H groups in total. The second-order valence-electron chi connectivity index (χ2n) is 6.82. The molecule has 0 aromatic heterocycles. The molecule has 0 saturated carbocycles. The number of anilines is 2. The topological polar surface area (TPSA) is 52.7 Å². The average Bonchev–Trinajstić information content (AvgIpc) is 3.07. The lowest BCUT2D eigenvalue weighted by atomic mass is 10.1. The zero-order valence-corrected chi connectivity index (χ0v) is 17.5. The van der Waals surface area contributed by atoms with Gasteiger partial charge in [0, 0.05) is 42.8 Å². The second-order valence-corrected chi connectivity index (χ2v) is 7.73. The molecule has 2 aromatic carbocycles. The van der Waals surface area contributed by atoms with Gasteiger partial charge in [-0.25, -0.2) is 0 Å². The van der Waals surface area contributed by atoms with E-state index in [4.69, 9.17) is 0 Å². The van der Waals surface area contributed by atoms with Gasteiger partial charge in [-0.15, -0.1) is 0 Å². The van der Waals surface area contributed by atoms with E-state index in [2.05, 4.69) is 33.1 Å². The van der Waals surface area contributed by atoms with Crippen molar-refractivity contribution < 1.29 is 9.59 Å². The average molecular weight is 440 g/mol. The molecule has 0 radical (unpaired) electrons. The van der Waals surface area contributed by atoms with E-state index >= 15 is 0 Å². The molecule has 5 nitrogen and oxygen atoms in total. The van der Waals surface area contributed by atoms with E-state index in [0.29, 0.717) is 6.54 Å². The minimum absolute atomic E-state index is 0.0377. The summed E-state index contributed by atoms with van der Waals surface area (Å²) in [6.07, 6.45) is 0.217. The maximum atomic E-state index is 12.4. The third kappa shape index (κ3) is 4.73. The summed E-state index contributed by atoms with van der Waals surface area (Å²) in [4.78, 5) is 28.4. The van der Waals surface area contributed by atoms with E-state index in [1.165, 1.54) is 0 Å². The Morgan fingerprint density at radius 2 is 2.04 bits per heavy atom. The van der Waals surface area contributed by atoms with Gasteiger partial charge in [-0.1, -0.05) is 46.0 Å². The highest BCUT2D eigenvalue weighted by molar-refractivity contribution is 9.10. The van der Waals surface area contributed by atoms with Gasteiger partial charge in [-0.3, -0.25) is 9.59 Å². The first-order valence-electron chi connectivity index (χ1n) is 9.04. The van der Waals surface area contributed by atoms with Gasteiger partial charge in [-0.05, 0) is 30.3 Å². The first kappa shape index (κ1) is 20.0. The highest BCUT2D eigenvalue weighted by Gasteiger charge is 2.34. The number of nitrogens with one attached hydrogen (secondary N) is 1. The van der Waals surface area contributed by atoms with Crippen molar-refractivity contribution in [3.63, 3.8) is 0 Å². The van der Waals surface area contributed by atoms with Gasteiger partial charge in [0.1, 0.15) is 0 Å². The monoisotopic (exact) mass is 439 g/mol. The Hall–Kier alpha value is -2.78. The molecule has 1 fully saturated rings. The van der Waals surface area contributed by atoms with Crippen LogP contribution in [0.3, 0.4) is 0 Å². The molecule has 0 aliphatic carbocycles. The van der Waals surface area contributed by atoms with Gasteiger partial charge in [0.05, 0.1) is 18.2 Å². The Labute approximate surface area is 173 Å². The maximum absolute atomic E-state index is 12.4. The fraction of sp³-hybridized carbons (Fsp3) is 0.273. The van der Waals surface area contributed by atoms with Gasteiger partial charge < -0.3 is 15.1 Å². The number of hydrogen-bond donors (Lipinski definition) is 1. The summed E-state index contributed by atoms with van der Waals surface area (Å²) in [6, 6.07) is 15.4. The zero-order valence-electron chi connectivity index (χ0n) is 15.9. The number of rotatable bonds is 4. The number of benzene rings is 2. The van der Waals surface area contributed by atoms with Crippen LogP contribution in [0.25, 0.3) is 0 Å². The normalized spacial score (nSPS) is 15.8. The van der Waals surface area contributed by atoms with Crippen molar-refractivity contribution >= 4 is 39.1 Å². The smallest absolute Gasteiger partial charge is 0.227 e. The SMILES string of the molecule is CN(C)c1ccccc1C#CCNC(=O)C1CC(=O)N(c2cccc(Br)c2)C1. The van der Waals surface area contributed by atoms with Crippen LogP contribution in [0.15, 0.2) is 53.0 Å². The number of para-hydroxylation sites is 1. The van der Waals surface area contributed by atoms with E-state index in [9.17, 15) is 9.59 Å². The van der Waals surface area contributed by atoms with Crippen LogP contribution in [0.2, 0.25) is 0 Å². The maximum Gasteiger partial charge on any atom is 0.227 e. The minimum atomic E-state index is -0.359. The molecule has 0 bridgehead atoms. The van der Waals surface area contributed by atoms with Crippen molar-refractivity contribution in [2.45, 2.75) is 6.42 Å². The first-order chi connectivity index (χ1) is 13.5. The lowest BCUT2D eigenvalue weighted by Crippen LogP contribution is -2.33. The van der Waals surface area contributed by atoms with Crippen LogP contribution < -0.4 is 15.1 Å².